The lowest BCUT2D eigenvalue weighted by Gasteiger charge is -2.20. The molecule has 2 aliphatic rings. The molecule has 2 aliphatic heterocycles. The molecular formula is C53H61F3N2O3. The highest BCUT2D eigenvalue weighted by Gasteiger charge is 2.31. The molecule has 0 radical (unpaired) electrons. The van der Waals surface area contributed by atoms with E-state index in [1.165, 1.54) is 76.3 Å². The van der Waals surface area contributed by atoms with E-state index >= 15 is 0 Å². The van der Waals surface area contributed by atoms with Crippen LogP contribution < -0.4 is 5.32 Å². The van der Waals surface area contributed by atoms with Gasteiger partial charge in [-0.25, -0.2) is 0 Å². The molecule has 0 aliphatic carbocycles. The minimum Gasteiger partial charge on any atom is -0.481 e. The summed E-state index contributed by atoms with van der Waals surface area (Å²) in [5.74, 6) is 1.73. The molecular weight excluding hydrogens is 770 g/mol. The number of alkyl halides is 3. The van der Waals surface area contributed by atoms with Gasteiger partial charge in [-0.15, -0.1) is 0 Å². The topological polar surface area (TPSA) is 69.6 Å². The molecule has 0 spiro atoms. The van der Waals surface area contributed by atoms with E-state index in [2.05, 4.69) is 134 Å². The van der Waals surface area contributed by atoms with Gasteiger partial charge in [0.15, 0.2) is 0 Å². The van der Waals surface area contributed by atoms with Crippen LogP contribution in [0.5, 0.6) is 0 Å². The number of amides is 1. The van der Waals surface area contributed by atoms with Gasteiger partial charge in [-0.1, -0.05) is 154 Å². The van der Waals surface area contributed by atoms with Crippen LogP contribution in [-0.2, 0) is 28.6 Å². The normalized spacial score (nSPS) is 17.0. The summed E-state index contributed by atoms with van der Waals surface area (Å²) >= 11 is 0. The number of hydrogen-bond acceptors (Lipinski definition) is 3. The number of aliphatic carboxylic acids is 1. The van der Waals surface area contributed by atoms with Crippen LogP contribution in [0, 0.1) is 18.8 Å². The average Bonchev–Trinajstić information content (AvgIpc) is 3.93. The smallest absolute Gasteiger partial charge is 0.416 e. The van der Waals surface area contributed by atoms with Crippen molar-refractivity contribution >= 4 is 33.4 Å². The van der Waals surface area contributed by atoms with Gasteiger partial charge in [0.05, 0.1) is 18.4 Å². The molecule has 322 valence electrons. The number of rotatable bonds is 10. The predicted molar refractivity (Wildman–Crippen MR) is 244 cm³/mol. The zero-order chi connectivity index (χ0) is 42.6. The fourth-order valence-electron chi connectivity index (χ4n) is 8.92. The van der Waals surface area contributed by atoms with Crippen molar-refractivity contribution in [3.63, 3.8) is 0 Å². The van der Waals surface area contributed by atoms with Crippen molar-refractivity contribution in [2.24, 2.45) is 11.8 Å². The molecule has 0 aromatic heterocycles. The summed E-state index contributed by atoms with van der Waals surface area (Å²) in [7, 11) is 0. The maximum Gasteiger partial charge on any atom is 0.416 e. The van der Waals surface area contributed by atoms with E-state index in [0.29, 0.717) is 24.2 Å². The number of carboxylic acid groups (broad SMARTS) is 1. The third-order valence-electron chi connectivity index (χ3n) is 11.9. The first-order chi connectivity index (χ1) is 28.8. The van der Waals surface area contributed by atoms with Crippen LogP contribution in [-0.4, -0.2) is 48.1 Å². The molecule has 6 aromatic rings. The van der Waals surface area contributed by atoms with E-state index in [1.807, 2.05) is 6.07 Å². The summed E-state index contributed by atoms with van der Waals surface area (Å²) in [5, 5.41) is 17.3. The molecule has 2 saturated heterocycles. The average molecular weight is 831 g/mol. The third kappa shape index (κ3) is 13.3. The number of halogens is 3. The monoisotopic (exact) mass is 830 g/mol. The maximum atomic E-state index is 12.7. The van der Waals surface area contributed by atoms with Gasteiger partial charge >= 0.3 is 12.1 Å². The number of hydrogen-bond donors (Lipinski definition) is 2. The Morgan fingerprint density at radius 3 is 1.80 bits per heavy atom. The number of likely N-dealkylation sites (tertiary alicyclic amines) is 1. The Kier molecular flexibility index (Phi) is 16.7. The highest BCUT2D eigenvalue weighted by molar-refractivity contribution is 5.87. The van der Waals surface area contributed by atoms with Crippen molar-refractivity contribution in [3.8, 4) is 0 Å². The van der Waals surface area contributed by atoms with Gasteiger partial charge in [0, 0.05) is 13.1 Å². The Bertz CT molecular complexity index is 2340. The van der Waals surface area contributed by atoms with Gasteiger partial charge in [0.2, 0.25) is 5.91 Å². The lowest BCUT2D eigenvalue weighted by atomic mass is 9.87. The van der Waals surface area contributed by atoms with Gasteiger partial charge in [-0.05, 0) is 119 Å². The van der Waals surface area contributed by atoms with E-state index in [4.69, 9.17) is 5.11 Å². The Morgan fingerprint density at radius 1 is 0.705 bits per heavy atom. The standard InChI is InChI=1S/C26H29NO.C17H21N.C9H7F3O2.CH4/c1-19-7-5-8-21(15-19)17-26(28)27-14-13-22(18-27)16-20(2)24-12-6-10-23-9-3-4-11-25(23)24;1-13(11-14-9-10-18-12-14)16-8-4-6-15-5-2-3-7-17(15)16;10-9(11,12)7-3-1-2-6(4-7)5-8(13)14;/h3-12,15,20,22H,13-14,16-18H2,1-2H3;2-8,13-14,18H,9-12H2,1H3;1-4H,5H2,(H,13,14);1H4/t20-,22+;13-,14+;;/m00../s1. The second-order valence-corrected chi connectivity index (χ2v) is 16.7. The Labute approximate surface area is 360 Å². The molecule has 2 N–H and O–H groups in total. The molecule has 5 nitrogen and oxygen atoms in total. The van der Waals surface area contributed by atoms with Gasteiger partial charge in [0.1, 0.15) is 0 Å². The summed E-state index contributed by atoms with van der Waals surface area (Å²) in [6.45, 7) is 11.0. The Hall–Kier alpha value is -5.47. The van der Waals surface area contributed by atoms with Crippen LogP contribution in [0.1, 0.15) is 92.2 Å². The lowest BCUT2D eigenvalue weighted by molar-refractivity contribution is -0.138. The quantitative estimate of drug-likeness (QED) is 0.144. The molecule has 8 heteroatoms. The molecule has 0 bridgehead atoms. The second kappa shape index (κ2) is 21.9. The van der Waals surface area contributed by atoms with Crippen molar-refractivity contribution in [1.82, 2.24) is 10.2 Å². The van der Waals surface area contributed by atoms with Crippen molar-refractivity contribution in [2.45, 2.75) is 84.7 Å². The number of carbonyl (C=O) groups excluding carboxylic acids is 1. The molecule has 8 rings (SSSR count). The van der Waals surface area contributed by atoms with E-state index in [-0.39, 0.29) is 18.9 Å². The fourth-order valence-corrected chi connectivity index (χ4v) is 8.92. The minimum absolute atomic E-state index is 0. The molecule has 0 unspecified atom stereocenters. The molecule has 61 heavy (non-hydrogen) atoms. The Balaban J connectivity index is 0.000000184. The number of nitrogens with zero attached hydrogens (tertiary/aromatic N) is 1. The lowest BCUT2D eigenvalue weighted by Crippen LogP contribution is -2.30. The zero-order valence-electron chi connectivity index (χ0n) is 34.9. The number of aryl methyl sites for hydroxylation is 1. The fraction of sp³-hybridized carbons (Fsp3) is 0.358. The van der Waals surface area contributed by atoms with E-state index in [9.17, 15) is 22.8 Å². The van der Waals surface area contributed by atoms with E-state index in [1.54, 1.807) is 0 Å². The number of fused-ring (bicyclic) bond motifs is 2. The van der Waals surface area contributed by atoms with Crippen LogP contribution in [0.3, 0.4) is 0 Å². The molecule has 2 heterocycles. The number of nitrogens with one attached hydrogen (secondary N) is 1. The Morgan fingerprint density at radius 2 is 1.25 bits per heavy atom. The summed E-state index contributed by atoms with van der Waals surface area (Å²) in [6, 6.07) is 43.3. The first kappa shape index (κ1) is 46.6. The highest BCUT2D eigenvalue weighted by Crippen LogP contribution is 2.34. The third-order valence-corrected chi connectivity index (χ3v) is 11.9. The largest absolute Gasteiger partial charge is 0.481 e. The summed E-state index contributed by atoms with van der Waals surface area (Å²) in [6.07, 6.45) is 0.610. The van der Waals surface area contributed by atoms with Gasteiger partial charge in [0.25, 0.3) is 0 Å². The first-order valence-electron chi connectivity index (χ1n) is 21.2. The van der Waals surface area contributed by atoms with Crippen LogP contribution in [0.25, 0.3) is 21.5 Å². The minimum atomic E-state index is -4.42. The van der Waals surface area contributed by atoms with Crippen LogP contribution in [0.15, 0.2) is 133 Å². The maximum absolute atomic E-state index is 12.7. The highest BCUT2D eigenvalue weighted by atomic mass is 19.4. The summed E-state index contributed by atoms with van der Waals surface area (Å²) in [4.78, 5) is 25.0. The number of carbonyl (C=O) groups is 2. The number of carboxylic acids is 1. The molecule has 6 aromatic carbocycles. The second-order valence-electron chi connectivity index (χ2n) is 16.7. The van der Waals surface area contributed by atoms with Crippen molar-refractivity contribution < 1.29 is 27.9 Å². The van der Waals surface area contributed by atoms with Gasteiger partial charge in [-0.3, -0.25) is 9.59 Å². The van der Waals surface area contributed by atoms with Crippen LogP contribution in [0.4, 0.5) is 13.2 Å². The van der Waals surface area contributed by atoms with Gasteiger partial charge in [-0.2, -0.15) is 13.2 Å². The molecule has 4 atom stereocenters. The van der Waals surface area contributed by atoms with Crippen molar-refractivity contribution in [1.29, 1.82) is 0 Å². The van der Waals surface area contributed by atoms with Crippen molar-refractivity contribution in [2.75, 3.05) is 26.2 Å². The summed E-state index contributed by atoms with van der Waals surface area (Å²) < 4.78 is 36.5. The molecule has 0 saturated carbocycles. The van der Waals surface area contributed by atoms with Gasteiger partial charge < -0.3 is 15.3 Å². The zero-order valence-corrected chi connectivity index (χ0v) is 34.9. The summed E-state index contributed by atoms with van der Waals surface area (Å²) in [5.41, 5.74) is 4.61. The SMILES string of the molecule is C.C[C@@H](C[C@H]1CCNC1)c1cccc2ccccc12.Cc1cccc(CC(=O)N2CC[C@H](C[C@H](C)c3cccc4ccccc34)C2)c1.O=C(O)Cc1cccc(C(F)(F)F)c1. The first-order valence-corrected chi connectivity index (χ1v) is 21.2. The number of benzene rings is 6. The van der Waals surface area contributed by atoms with Crippen LogP contribution in [0.2, 0.25) is 0 Å². The molecule has 2 fully saturated rings. The predicted octanol–water partition coefficient (Wildman–Crippen LogP) is 12.6. The molecule has 1 amide bonds. The van der Waals surface area contributed by atoms with Crippen molar-refractivity contribution in [3.05, 3.63) is 167 Å². The van der Waals surface area contributed by atoms with E-state index < -0.39 is 24.1 Å². The van der Waals surface area contributed by atoms with Crippen LogP contribution >= 0.6 is 0 Å². The van der Waals surface area contributed by atoms with E-state index in [0.717, 1.165) is 49.5 Å².